The van der Waals surface area contributed by atoms with Crippen molar-refractivity contribution in [3.05, 3.63) is 132 Å². The number of esters is 8. The van der Waals surface area contributed by atoms with Crippen molar-refractivity contribution in [3.63, 3.8) is 0 Å². The molecule has 0 N–H and O–H groups in total. The van der Waals surface area contributed by atoms with Crippen LogP contribution in [0, 0.1) is 0 Å². The number of carbonyl (C=O) groups is 8. The molecule has 3 aromatic rings. The van der Waals surface area contributed by atoms with E-state index in [0.29, 0.717) is 11.1 Å². The number of rotatable bonds is 17. The van der Waals surface area contributed by atoms with Gasteiger partial charge in [0.05, 0.1) is 32.5 Å². The maximum absolute atomic E-state index is 12.7. The lowest BCUT2D eigenvalue weighted by Crippen LogP contribution is -2.22. The van der Waals surface area contributed by atoms with Crippen LogP contribution in [-0.2, 0) is 73.2 Å². The molecule has 0 atom stereocenters. The van der Waals surface area contributed by atoms with Crippen molar-refractivity contribution >= 4 is 47.8 Å². The molecule has 0 spiro atoms. The van der Waals surface area contributed by atoms with Gasteiger partial charge in [-0.05, 0) is 30.5 Å². The van der Waals surface area contributed by atoms with E-state index in [4.69, 9.17) is 14.2 Å². The van der Waals surface area contributed by atoms with Crippen molar-refractivity contribution in [2.45, 2.75) is 39.0 Å². The second-order valence-corrected chi connectivity index (χ2v) is 10.6. The Kier molecular flexibility index (Phi) is 20.4. The Morgan fingerprint density at radius 1 is 0.481 bits per heavy atom. The topological polar surface area (TPSA) is 192 Å². The lowest BCUT2D eigenvalue weighted by molar-refractivity contribution is -0.162. The van der Waals surface area contributed by atoms with E-state index in [0.717, 1.165) is 29.9 Å². The Labute approximate surface area is 311 Å². The van der Waals surface area contributed by atoms with Gasteiger partial charge in [0.2, 0.25) is 0 Å². The Bertz CT molecular complexity index is 1710. The van der Waals surface area contributed by atoms with Crippen LogP contribution in [0.15, 0.2) is 115 Å². The summed E-state index contributed by atoms with van der Waals surface area (Å²) >= 11 is 0. The summed E-state index contributed by atoms with van der Waals surface area (Å²) in [6, 6.07) is 26.8. The third-order valence-corrected chi connectivity index (χ3v) is 6.52. The minimum absolute atomic E-state index is 0.0192. The zero-order chi connectivity index (χ0) is 39.6. The van der Waals surface area contributed by atoms with Gasteiger partial charge in [0.1, 0.15) is 19.1 Å². The molecule has 14 nitrogen and oxygen atoms in total. The first-order valence-corrected chi connectivity index (χ1v) is 16.7. The van der Waals surface area contributed by atoms with Crippen LogP contribution < -0.4 is 0 Å². The molecule has 0 amide bonds. The maximum Gasteiger partial charge on any atom is 0.331 e. The summed E-state index contributed by atoms with van der Waals surface area (Å²) in [6.07, 6.45) is 3.06. The van der Waals surface area contributed by atoms with Gasteiger partial charge in [-0.2, -0.15) is 0 Å². The Hall–Kier alpha value is -6.70. The average molecular weight is 745 g/mol. The second kappa shape index (κ2) is 25.3. The molecule has 14 heteroatoms. The number of carbonyl (C=O) groups excluding carboxylic acids is 8. The SMILES string of the molecule is CCOC(=O)/C=C/C(=O)OCCC(=O)OC(=O)C(c1ccccc1)c1ccccc1.CCOC(=O)/C=C/C(=O)OCCC(=O)OC(=O)Cc1ccccc1. The second-order valence-electron chi connectivity index (χ2n) is 10.6. The molecule has 0 bridgehead atoms. The lowest BCUT2D eigenvalue weighted by Gasteiger charge is -2.16. The highest BCUT2D eigenvalue weighted by Crippen LogP contribution is 2.26. The fourth-order valence-electron chi connectivity index (χ4n) is 4.17. The van der Waals surface area contributed by atoms with Crippen LogP contribution >= 0.6 is 0 Å². The fraction of sp³-hybridized carbons (Fsp3) is 0.250. The van der Waals surface area contributed by atoms with Gasteiger partial charge in [0.25, 0.3) is 0 Å². The highest BCUT2D eigenvalue weighted by molar-refractivity contribution is 5.93. The van der Waals surface area contributed by atoms with Gasteiger partial charge < -0.3 is 28.4 Å². The van der Waals surface area contributed by atoms with Crippen LogP contribution in [0.1, 0.15) is 49.3 Å². The first kappa shape index (κ1) is 43.5. The monoisotopic (exact) mass is 744 g/mol. The molecule has 0 aliphatic rings. The summed E-state index contributed by atoms with van der Waals surface area (Å²) in [5.74, 6) is -6.72. The van der Waals surface area contributed by atoms with E-state index in [1.54, 1.807) is 86.6 Å². The van der Waals surface area contributed by atoms with Gasteiger partial charge in [0.15, 0.2) is 0 Å². The standard InChI is InChI=1S/C23H22O7.C17H18O7/c1-2-28-19(24)13-14-20(25)29-16-15-21(26)30-23(27)22(17-9-5-3-6-10-17)18-11-7-4-8-12-18;1-2-22-14(18)8-9-15(19)23-11-10-16(20)24-17(21)12-13-6-4-3-5-7-13/h3-14,22H,2,15-16H2,1H3;3-9H,2,10-12H2,1H3/b14-13+;9-8+. The molecular weight excluding hydrogens is 704 g/mol. The van der Waals surface area contributed by atoms with Crippen molar-refractivity contribution in [3.8, 4) is 0 Å². The molecule has 0 radical (unpaired) electrons. The summed E-state index contributed by atoms with van der Waals surface area (Å²) in [5, 5.41) is 0. The van der Waals surface area contributed by atoms with Crippen molar-refractivity contribution < 1.29 is 66.8 Å². The number of benzene rings is 3. The highest BCUT2D eigenvalue weighted by Gasteiger charge is 2.26. The molecule has 3 aromatic carbocycles. The van der Waals surface area contributed by atoms with Gasteiger partial charge in [-0.15, -0.1) is 0 Å². The molecule has 0 fully saturated rings. The molecule has 0 aliphatic carbocycles. The highest BCUT2D eigenvalue weighted by atomic mass is 16.6. The van der Waals surface area contributed by atoms with E-state index >= 15 is 0 Å². The van der Waals surface area contributed by atoms with E-state index < -0.39 is 53.7 Å². The largest absolute Gasteiger partial charge is 0.463 e. The number of hydrogen-bond acceptors (Lipinski definition) is 14. The molecule has 0 aliphatic heterocycles. The van der Waals surface area contributed by atoms with Crippen molar-refractivity contribution in [1.82, 2.24) is 0 Å². The van der Waals surface area contributed by atoms with E-state index in [1.807, 2.05) is 18.2 Å². The average Bonchev–Trinajstić information content (AvgIpc) is 3.15. The zero-order valence-corrected chi connectivity index (χ0v) is 29.7. The van der Waals surface area contributed by atoms with Crippen molar-refractivity contribution in [2.75, 3.05) is 26.4 Å². The first-order valence-electron chi connectivity index (χ1n) is 16.7. The molecule has 54 heavy (non-hydrogen) atoms. The lowest BCUT2D eigenvalue weighted by atomic mass is 9.91. The van der Waals surface area contributed by atoms with Gasteiger partial charge in [-0.25, -0.2) is 19.2 Å². The van der Waals surface area contributed by atoms with E-state index in [-0.39, 0.29) is 45.7 Å². The van der Waals surface area contributed by atoms with Crippen LogP contribution in [0.25, 0.3) is 0 Å². The number of hydrogen-bond donors (Lipinski definition) is 0. The normalized spacial score (nSPS) is 10.4. The smallest absolute Gasteiger partial charge is 0.331 e. The Balaban J connectivity index is 0.000000383. The van der Waals surface area contributed by atoms with Crippen LogP contribution in [0.2, 0.25) is 0 Å². The molecule has 0 unspecified atom stereocenters. The Morgan fingerprint density at radius 2 is 0.852 bits per heavy atom. The van der Waals surface area contributed by atoms with Crippen LogP contribution in [0.4, 0.5) is 0 Å². The summed E-state index contributed by atoms with van der Waals surface area (Å²) in [5.41, 5.74) is 2.11. The van der Waals surface area contributed by atoms with E-state index in [9.17, 15) is 38.4 Å². The van der Waals surface area contributed by atoms with E-state index in [1.165, 1.54) is 0 Å². The number of ether oxygens (including phenoxy) is 6. The van der Waals surface area contributed by atoms with Gasteiger partial charge in [-0.1, -0.05) is 91.0 Å². The summed E-state index contributed by atoms with van der Waals surface area (Å²) < 4.78 is 28.3. The van der Waals surface area contributed by atoms with Gasteiger partial charge in [0, 0.05) is 24.3 Å². The van der Waals surface area contributed by atoms with Crippen LogP contribution in [0.3, 0.4) is 0 Å². The molecule has 0 aromatic heterocycles. The Morgan fingerprint density at radius 3 is 1.26 bits per heavy atom. The predicted molar refractivity (Wildman–Crippen MR) is 190 cm³/mol. The molecule has 284 valence electrons. The van der Waals surface area contributed by atoms with E-state index in [2.05, 4.69) is 14.2 Å². The van der Waals surface area contributed by atoms with Crippen molar-refractivity contribution in [1.29, 1.82) is 0 Å². The summed E-state index contributed by atoms with van der Waals surface area (Å²) in [4.78, 5) is 92.6. The summed E-state index contributed by atoms with van der Waals surface area (Å²) in [7, 11) is 0. The summed E-state index contributed by atoms with van der Waals surface area (Å²) in [6.45, 7) is 3.10. The molecule has 0 heterocycles. The molecule has 0 saturated carbocycles. The first-order chi connectivity index (χ1) is 26.0. The van der Waals surface area contributed by atoms with Gasteiger partial charge >= 0.3 is 47.8 Å². The molecule has 0 saturated heterocycles. The third kappa shape index (κ3) is 18.5. The van der Waals surface area contributed by atoms with Crippen LogP contribution in [-0.4, -0.2) is 74.2 Å². The molecule has 3 rings (SSSR count). The third-order valence-electron chi connectivity index (χ3n) is 6.52. The fourth-order valence-corrected chi connectivity index (χ4v) is 4.17. The van der Waals surface area contributed by atoms with Crippen molar-refractivity contribution in [2.24, 2.45) is 0 Å². The minimum Gasteiger partial charge on any atom is -0.463 e. The molecular formula is C40H40O14. The minimum atomic E-state index is -0.820. The predicted octanol–water partition coefficient (Wildman–Crippen LogP) is 4.29. The van der Waals surface area contributed by atoms with Gasteiger partial charge in [-0.3, -0.25) is 19.2 Å². The maximum atomic E-state index is 12.7. The van der Waals surface area contributed by atoms with Crippen LogP contribution in [0.5, 0.6) is 0 Å². The quantitative estimate of drug-likeness (QED) is 0.0823. The zero-order valence-electron chi connectivity index (χ0n) is 29.7.